The summed E-state index contributed by atoms with van der Waals surface area (Å²) in [5.74, 6) is 0. The first-order chi connectivity index (χ1) is 45.1. The Bertz CT molecular complexity index is 6070. The van der Waals surface area contributed by atoms with Gasteiger partial charge < -0.3 is 8.98 Å². The van der Waals surface area contributed by atoms with Gasteiger partial charge in [0.05, 0.1) is 55.9 Å². The lowest BCUT2D eigenvalue weighted by Gasteiger charge is -2.12. The second kappa shape index (κ2) is 21.5. The minimum atomic E-state index is 0.877. The number of benzene rings is 14. The SMILES string of the molecule is c1ccc(-c2nc3ccccc3nc2-c2ccc(-c3ccc4c(ccc5oc6ccccc6c54)c3)cc2)cc1.c1ccc(-n2c3ccccc3c3cc(-c4nc5ccccc5nc4-c4ccc(-c5ccc6c(ccc7sc8ccccc8c76)c5)cc4)ccc32)cc1. The molecule has 0 N–H and O–H groups in total. The average Bonchev–Trinajstić information content (AvgIpc) is 1.75. The highest BCUT2D eigenvalue weighted by Crippen LogP contribution is 2.43. The van der Waals surface area contributed by atoms with Gasteiger partial charge in [0.15, 0.2) is 0 Å². The second-order valence-electron chi connectivity index (χ2n) is 23.2. The van der Waals surface area contributed by atoms with Crippen molar-refractivity contribution in [1.29, 1.82) is 0 Å². The summed E-state index contributed by atoms with van der Waals surface area (Å²) in [6.45, 7) is 0. The Morgan fingerprint density at radius 1 is 0.253 bits per heavy atom. The normalized spacial score (nSPS) is 11.7. The molecule has 6 nitrogen and oxygen atoms in total. The van der Waals surface area contributed by atoms with Crippen molar-refractivity contribution < 1.29 is 4.42 Å². The molecular weight excluding hydrogens is 1130 g/mol. The van der Waals surface area contributed by atoms with Crippen LogP contribution in [-0.2, 0) is 0 Å². The van der Waals surface area contributed by atoms with Crippen molar-refractivity contribution in [2.45, 2.75) is 0 Å². The van der Waals surface area contributed by atoms with E-state index in [-0.39, 0.29) is 0 Å². The van der Waals surface area contributed by atoms with E-state index in [9.17, 15) is 0 Å². The van der Waals surface area contributed by atoms with Crippen LogP contribution in [0.15, 0.2) is 314 Å². The fourth-order valence-corrected chi connectivity index (χ4v) is 14.6. The summed E-state index contributed by atoms with van der Waals surface area (Å²) in [7, 11) is 0. The highest BCUT2D eigenvalue weighted by atomic mass is 32.1. The lowest BCUT2D eigenvalue weighted by molar-refractivity contribution is 0.669. The van der Waals surface area contributed by atoms with Crippen LogP contribution in [0.1, 0.15) is 0 Å². The van der Waals surface area contributed by atoms with E-state index in [1.54, 1.807) is 0 Å². The first kappa shape index (κ1) is 52.2. The standard InChI is InChI=1S/C48H29N3S.C36H22N2O/c1-2-10-35(11-3-1)51-42-16-8-4-12-37(42)39-29-34(23-26-43(39)51)48-47(49-40-14-6-7-15-41(40)50-48)31-20-18-30(19-21-31)32-22-25-36-33(28-32)24-27-45-46(36)38-13-5-9-17-44(38)52-45;1-2-8-24(9-3-1)35-36(38-31-12-6-5-11-30(31)37-35)25-16-14-23(15-17-25)26-18-20-28-27(22-26)19-21-33-34(28)29-10-4-7-13-32(29)39-33/h1-29H;1-22H. The number of rotatable bonds is 7. The van der Waals surface area contributed by atoms with E-state index in [1.807, 2.05) is 90.2 Å². The van der Waals surface area contributed by atoms with Gasteiger partial charge in [0.25, 0.3) is 0 Å². The van der Waals surface area contributed by atoms with Gasteiger partial charge in [-0.3, -0.25) is 0 Å². The molecule has 91 heavy (non-hydrogen) atoms. The van der Waals surface area contributed by atoms with Gasteiger partial charge in [0, 0.05) is 69.7 Å². The van der Waals surface area contributed by atoms with Gasteiger partial charge in [-0.05, 0) is 135 Å². The van der Waals surface area contributed by atoms with Crippen molar-refractivity contribution in [3.63, 3.8) is 0 Å². The van der Waals surface area contributed by atoms with Crippen molar-refractivity contribution in [2.75, 3.05) is 0 Å². The van der Waals surface area contributed by atoms with Crippen LogP contribution in [0.2, 0.25) is 0 Å². The molecule has 0 fully saturated rings. The zero-order chi connectivity index (χ0) is 59.9. The Hall–Kier alpha value is -11.9. The summed E-state index contributed by atoms with van der Waals surface area (Å²) in [6, 6.07) is 109. The maximum absolute atomic E-state index is 6.09. The minimum absolute atomic E-state index is 0.877. The van der Waals surface area contributed by atoms with Crippen molar-refractivity contribution >= 4 is 119 Å². The number of fused-ring (bicyclic) bond motifs is 15. The van der Waals surface area contributed by atoms with Crippen LogP contribution in [0.3, 0.4) is 0 Å². The minimum Gasteiger partial charge on any atom is -0.456 e. The predicted molar refractivity (Wildman–Crippen MR) is 381 cm³/mol. The molecule has 0 atom stereocenters. The van der Waals surface area contributed by atoms with Crippen LogP contribution in [0.25, 0.3) is 180 Å². The maximum atomic E-state index is 6.09. The number of nitrogens with zero attached hydrogens (tertiary/aromatic N) is 5. The van der Waals surface area contributed by atoms with Crippen LogP contribution >= 0.6 is 11.3 Å². The topological polar surface area (TPSA) is 69.6 Å². The van der Waals surface area contributed by atoms with Crippen LogP contribution < -0.4 is 0 Å². The quantitative estimate of drug-likeness (QED) is 0.159. The first-order valence-electron chi connectivity index (χ1n) is 30.7. The van der Waals surface area contributed by atoms with E-state index in [2.05, 4.69) is 235 Å². The largest absolute Gasteiger partial charge is 0.456 e. The van der Waals surface area contributed by atoms with Crippen LogP contribution in [0.4, 0.5) is 0 Å². The van der Waals surface area contributed by atoms with Gasteiger partial charge in [0.2, 0.25) is 0 Å². The Morgan fingerprint density at radius 3 is 1.33 bits per heavy atom. The second-order valence-corrected chi connectivity index (χ2v) is 24.3. The molecule has 0 amide bonds. The molecular formula is C84H51N5OS. The molecule has 0 spiro atoms. The van der Waals surface area contributed by atoms with Crippen LogP contribution in [0, 0.1) is 0 Å². The Labute approximate surface area is 526 Å². The molecule has 7 heteroatoms. The molecule has 5 aromatic heterocycles. The highest BCUT2D eigenvalue weighted by molar-refractivity contribution is 7.26. The van der Waals surface area contributed by atoms with Gasteiger partial charge in [-0.15, -0.1) is 11.3 Å². The van der Waals surface area contributed by atoms with Crippen molar-refractivity contribution in [3.8, 4) is 73.0 Å². The Morgan fingerprint density at radius 2 is 0.703 bits per heavy atom. The zero-order valence-electron chi connectivity index (χ0n) is 49.0. The number of hydrogen-bond donors (Lipinski definition) is 0. The van der Waals surface area contributed by atoms with Gasteiger partial charge in [-0.25, -0.2) is 19.9 Å². The molecule has 14 aromatic carbocycles. The number of furan rings is 1. The third kappa shape index (κ3) is 9.01. The molecule has 0 bridgehead atoms. The van der Waals surface area contributed by atoms with E-state index in [1.165, 1.54) is 85.6 Å². The lowest BCUT2D eigenvalue weighted by atomic mass is 9.96. The summed E-state index contributed by atoms with van der Waals surface area (Å²) in [5.41, 5.74) is 21.3. The average molecular weight is 1180 g/mol. The van der Waals surface area contributed by atoms with Gasteiger partial charge in [-0.1, -0.05) is 218 Å². The number of aromatic nitrogens is 5. The van der Waals surface area contributed by atoms with E-state index >= 15 is 0 Å². The fraction of sp³-hybridized carbons (Fsp3) is 0. The molecule has 0 unspecified atom stereocenters. The van der Waals surface area contributed by atoms with Gasteiger partial charge in [0.1, 0.15) is 11.2 Å². The molecule has 19 aromatic rings. The Balaban J connectivity index is 0.000000141. The molecule has 424 valence electrons. The summed E-state index contributed by atoms with van der Waals surface area (Å²) in [4.78, 5) is 20.6. The van der Waals surface area contributed by atoms with Gasteiger partial charge >= 0.3 is 0 Å². The van der Waals surface area contributed by atoms with E-state index < -0.39 is 0 Å². The molecule has 19 rings (SSSR count). The fourth-order valence-electron chi connectivity index (χ4n) is 13.5. The Kier molecular flexibility index (Phi) is 12.3. The van der Waals surface area contributed by atoms with Crippen molar-refractivity contribution in [2.24, 2.45) is 0 Å². The molecule has 0 radical (unpaired) electrons. The summed E-state index contributed by atoms with van der Waals surface area (Å²) in [6.07, 6.45) is 0. The maximum Gasteiger partial charge on any atom is 0.136 e. The molecule has 0 saturated carbocycles. The number of para-hydroxylation sites is 7. The third-order valence-corrected chi connectivity index (χ3v) is 19.0. The summed E-state index contributed by atoms with van der Waals surface area (Å²) < 4.78 is 11.1. The van der Waals surface area contributed by atoms with Crippen LogP contribution in [0.5, 0.6) is 0 Å². The monoisotopic (exact) mass is 1180 g/mol. The predicted octanol–water partition coefficient (Wildman–Crippen LogP) is 22.9. The van der Waals surface area contributed by atoms with E-state index in [4.69, 9.17) is 24.4 Å². The highest BCUT2D eigenvalue weighted by Gasteiger charge is 2.20. The molecule has 5 heterocycles. The zero-order valence-corrected chi connectivity index (χ0v) is 49.8. The van der Waals surface area contributed by atoms with Crippen molar-refractivity contribution in [3.05, 3.63) is 309 Å². The molecule has 0 aliphatic rings. The smallest absolute Gasteiger partial charge is 0.136 e. The third-order valence-electron chi connectivity index (χ3n) is 17.8. The van der Waals surface area contributed by atoms with Crippen LogP contribution in [-0.4, -0.2) is 24.5 Å². The van der Waals surface area contributed by atoms with Gasteiger partial charge in [-0.2, -0.15) is 0 Å². The summed E-state index contributed by atoms with van der Waals surface area (Å²) in [5, 5.41) is 12.4. The molecule has 0 aliphatic carbocycles. The van der Waals surface area contributed by atoms with E-state index in [0.29, 0.717) is 0 Å². The number of thiophene rings is 1. The molecule has 0 saturated heterocycles. The van der Waals surface area contributed by atoms with E-state index in [0.717, 1.165) is 94.9 Å². The van der Waals surface area contributed by atoms with Crippen molar-refractivity contribution in [1.82, 2.24) is 24.5 Å². The molecule has 0 aliphatic heterocycles. The number of hydrogen-bond acceptors (Lipinski definition) is 6. The first-order valence-corrected chi connectivity index (χ1v) is 31.5. The summed E-state index contributed by atoms with van der Waals surface area (Å²) >= 11 is 1.87. The lowest BCUT2D eigenvalue weighted by Crippen LogP contribution is -1.96.